The molecule has 5 heterocycles. The maximum Gasteiger partial charge on any atom is 0.412 e. The number of piperidine rings is 1. The number of amides is 2. The van der Waals surface area contributed by atoms with Crippen LogP contribution in [-0.2, 0) is 14.3 Å². The Hall–Kier alpha value is -5.19. The van der Waals surface area contributed by atoms with Gasteiger partial charge in [-0.2, -0.15) is 15.2 Å². The van der Waals surface area contributed by atoms with Crippen molar-refractivity contribution < 1.29 is 51.3 Å². The molecule has 14 nitrogen and oxygen atoms in total. The summed E-state index contributed by atoms with van der Waals surface area (Å²) in [4.78, 5) is 52.6. The molecule has 2 aromatic heterocycles. The lowest BCUT2D eigenvalue weighted by Crippen LogP contribution is -2.57. The number of nitriles is 1. The van der Waals surface area contributed by atoms with E-state index in [1.54, 1.807) is 46.4 Å². The Bertz CT molecular complexity index is 2780. The van der Waals surface area contributed by atoms with Crippen molar-refractivity contribution >= 4 is 72.9 Å². The van der Waals surface area contributed by atoms with Crippen molar-refractivity contribution in [2.24, 2.45) is 16.7 Å². The second kappa shape index (κ2) is 18.1. The number of nitrogens with one attached hydrogen (secondary N) is 1. The first-order valence-corrected chi connectivity index (χ1v) is 25.1. The van der Waals surface area contributed by atoms with Crippen molar-refractivity contribution in [2.75, 3.05) is 49.5 Å². The van der Waals surface area contributed by atoms with Gasteiger partial charge >= 0.3 is 24.2 Å². The Labute approximate surface area is 412 Å². The average molecular weight is 1010 g/mol. The second-order valence-corrected chi connectivity index (χ2v) is 23.5. The fourth-order valence-electron chi connectivity index (χ4n) is 11.2. The van der Waals surface area contributed by atoms with Crippen LogP contribution >= 0.6 is 22.9 Å². The Morgan fingerprint density at radius 1 is 0.971 bits per heavy atom. The summed E-state index contributed by atoms with van der Waals surface area (Å²) in [6.45, 7) is 11.8. The minimum atomic E-state index is -3.05. The zero-order valence-electron chi connectivity index (χ0n) is 40.2. The number of thiophene rings is 1. The number of benzene rings is 2. The number of fused-ring (bicyclic) bond motifs is 4. The number of hydrogen-bond donors (Lipinski definition) is 2. The minimum Gasteiger partial charge on any atom is -0.481 e. The molecule has 2 saturated carbocycles. The Morgan fingerprint density at radius 2 is 1.61 bits per heavy atom. The molecular weight excluding hydrogens is 954 g/mol. The molecular formula is C50H58ClF4N7O7S. The van der Waals surface area contributed by atoms with Crippen LogP contribution in [0.2, 0.25) is 5.02 Å². The average Bonchev–Trinajstić information content (AvgIpc) is 3.46. The molecule has 376 valence electrons. The van der Waals surface area contributed by atoms with Gasteiger partial charge in [0.15, 0.2) is 5.82 Å². The van der Waals surface area contributed by atoms with Crippen molar-refractivity contribution in [3.05, 3.63) is 40.4 Å². The molecule has 2 aliphatic carbocycles. The van der Waals surface area contributed by atoms with Crippen molar-refractivity contribution in [1.29, 1.82) is 5.26 Å². The van der Waals surface area contributed by atoms with Gasteiger partial charge in [0.2, 0.25) is 0 Å². The molecule has 70 heavy (non-hydrogen) atoms. The molecule has 2 N–H and O–H groups in total. The van der Waals surface area contributed by atoms with E-state index in [1.165, 1.54) is 12.1 Å². The van der Waals surface area contributed by atoms with E-state index in [9.17, 15) is 24.8 Å². The number of rotatable bonds is 10. The summed E-state index contributed by atoms with van der Waals surface area (Å²) in [5.74, 6) is -5.16. The van der Waals surface area contributed by atoms with Gasteiger partial charge in [0.05, 0.1) is 32.8 Å². The van der Waals surface area contributed by atoms with E-state index < -0.39 is 65.4 Å². The van der Waals surface area contributed by atoms with E-state index in [1.807, 2.05) is 11.0 Å². The lowest BCUT2D eigenvalue weighted by Gasteiger charge is -2.46. The van der Waals surface area contributed by atoms with Crippen LogP contribution in [0, 0.1) is 39.7 Å². The van der Waals surface area contributed by atoms with Crippen LogP contribution in [0.4, 0.5) is 38.0 Å². The van der Waals surface area contributed by atoms with Crippen LogP contribution < -0.4 is 15.0 Å². The topological polar surface area (TPSA) is 170 Å². The molecule has 0 radical (unpaired) electrons. The van der Waals surface area contributed by atoms with Crippen LogP contribution in [0.3, 0.4) is 0 Å². The predicted molar refractivity (Wildman–Crippen MR) is 257 cm³/mol. The number of alkyl halides is 2. The van der Waals surface area contributed by atoms with Gasteiger partial charge < -0.3 is 29.1 Å². The molecule has 2 bridgehead atoms. The number of carboxylic acids is 1. The molecule has 5 fully saturated rings. The van der Waals surface area contributed by atoms with Crippen LogP contribution in [0.25, 0.3) is 32.1 Å². The maximum absolute atomic E-state index is 17.7. The lowest BCUT2D eigenvalue weighted by molar-refractivity contribution is -0.138. The van der Waals surface area contributed by atoms with E-state index in [4.69, 9.17) is 30.8 Å². The number of hydrogen-bond acceptors (Lipinski definition) is 12. The molecule has 3 saturated heterocycles. The largest absolute Gasteiger partial charge is 0.481 e. The quantitative estimate of drug-likeness (QED) is 0.144. The summed E-state index contributed by atoms with van der Waals surface area (Å²) in [5.41, 5.74) is -3.71. The fraction of sp³-hybridized carbons (Fsp3) is 0.600. The fourth-order valence-corrected chi connectivity index (χ4v) is 12.5. The Kier molecular flexibility index (Phi) is 12.9. The third-order valence-electron chi connectivity index (χ3n) is 14.8. The van der Waals surface area contributed by atoms with Crippen molar-refractivity contribution in [2.45, 2.75) is 135 Å². The Morgan fingerprint density at radius 3 is 2.20 bits per heavy atom. The highest BCUT2D eigenvalue weighted by Gasteiger charge is 2.72. The zero-order valence-corrected chi connectivity index (χ0v) is 41.7. The zero-order chi connectivity index (χ0) is 50.3. The molecule has 3 atom stereocenters. The number of carboxylic acid groups (broad SMARTS) is 1. The van der Waals surface area contributed by atoms with Crippen LogP contribution in [0.5, 0.6) is 6.01 Å². The number of ether oxygens (including phenoxy) is 3. The van der Waals surface area contributed by atoms with Crippen LogP contribution in [0.1, 0.15) is 111 Å². The van der Waals surface area contributed by atoms with Crippen LogP contribution in [-0.4, -0.2) is 112 Å². The monoisotopic (exact) mass is 1010 g/mol. The van der Waals surface area contributed by atoms with E-state index >= 15 is 17.6 Å². The van der Waals surface area contributed by atoms with Gasteiger partial charge in [-0.3, -0.25) is 15.0 Å². The molecule has 2 aromatic carbocycles. The van der Waals surface area contributed by atoms with Gasteiger partial charge in [-0.25, -0.2) is 27.2 Å². The highest BCUT2D eigenvalue weighted by molar-refractivity contribution is 7.23. The first kappa shape index (κ1) is 49.8. The molecule has 4 aromatic rings. The number of aliphatic carboxylic acids is 1. The number of nitrogens with zero attached hydrogens (tertiary/aromatic N) is 6. The first-order valence-electron chi connectivity index (χ1n) is 23.9. The number of carbonyl (C=O) groups excluding carboxylic acids is 2. The van der Waals surface area contributed by atoms with Gasteiger partial charge in [0, 0.05) is 48.8 Å². The number of halogens is 5. The number of piperazine rings is 1. The highest BCUT2D eigenvalue weighted by Crippen LogP contribution is 2.61. The summed E-state index contributed by atoms with van der Waals surface area (Å²) in [5, 5.41) is 22.3. The van der Waals surface area contributed by atoms with Crippen molar-refractivity contribution in [3.8, 4) is 23.2 Å². The number of anilines is 2. The minimum absolute atomic E-state index is 0.00768. The Balaban J connectivity index is 1.05. The summed E-state index contributed by atoms with van der Waals surface area (Å²) >= 11 is 7.80. The normalized spacial score (nSPS) is 23.4. The highest BCUT2D eigenvalue weighted by atomic mass is 35.5. The number of carbonyl (C=O) groups is 3. The van der Waals surface area contributed by atoms with E-state index in [0.29, 0.717) is 25.9 Å². The van der Waals surface area contributed by atoms with Gasteiger partial charge in [0.25, 0.3) is 5.92 Å². The smallest absolute Gasteiger partial charge is 0.412 e. The van der Waals surface area contributed by atoms with E-state index in [-0.39, 0.29) is 109 Å². The lowest BCUT2D eigenvalue weighted by atomic mass is 9.65. The molecule has 9 rings (SSSR count). The molecule has 1 spiro atoms. The first-order chi connectivity index (χ1) is 32.9. The van der Waals surface area contributed by atoms with Crippen molar-refractivity contribution in [3.63, 3.8) is 0 Å². The van der Waals surface area contributed by atoms with Gasteiger partial charge in [-0.1, -0.05) is 17.7 Å². The molecule has 5 aliphatic rings. The number of aromatic nitrogens is 2. The summed E-state index contributed by atoms with van der Waals surface area (Å²) in [6, 6.07) is 4.96. The van der Waals surface area contributed by atoms with E-state index in [0.717, 1.165) is 55.9 Å². The summed E-state index contributed by atoms with van der Waals surface area (Å²) in [7, 11) is 0. The maximum atomic E-state index is 17.7. The van der Waals surface area contributed by atoms with E-state index in [2.05, 4.69) is 15.2 Å². The third kappa shape index (κ3) is 9.76. The van der Waals surface area contributed by atoms with Crippen molar-refractivity contribution in [1.82, 2.24) is 19.8 Å². The molecule has 20 heteroatoms. The molecule has 2 unspecified atom stereocenters. The second-order valence-electron chi connectivity index (χ2n) is 22.1. The molecule has 3 aliphatic heterocycles. The van der Waals surface area contributed by atoms with Gasteiger partial charge in [-0.15, -0.1) is 11.3 Å². The van der Waals surface area contributed by atoms with Gasteiger partial charge in [-0.05, 0) is 135 Å². The summed E-state index contributed by atoms with van der Waals surface area (Å²) in [6.07, 6.45) is 4.98. The van der Waals surface area contributed by atoms with Crippen LogP contribution in [0.15, 0.2) is 18.2 Å². The standard InChI is InChI=1S/C50H58ClF4N7O7S/c1-46(2,3)68-44(65)59-42-32(21-56)36-30(9-10-34(52)40(36)70-42)37-33(51)20-31-39(38(37)53)57-43(58-41(31)61-22-28-7-8-29(23-61)62(28)45(66)69-47(4,5)6)67-26-49(24-50(49,54)55)25-60-17-15-48(16-18-60)13-11-27(12-14-48)19-35(63)64/h9-10,20,27-29H,7-8,11-19,22-26H2,1-6H3,(H,59,65)(H,63,64)/t28?,29?,49-/m1/s1. The molecule has 2 amide bonds. The van der Waals surface area contributed by atoms with Gasteiger partial charge in [0.1, 0.15) is 46.0 Å². The summed E-state index contributed by atoms with van der Waals surface area (Å²) < 4.78 is 81.9. The number of likely N-dealkylation sites (tertiary alicyclic amines) is 1. The SMILES string of the molecule is CC(C)(C)OC(=O)Nc1sc2c(F)ccc(-c3c(Cl)cc4c(N5CC6CCC(C5)N6C(=O)OC(C)(C)C)nc(OC[C@]5(CN6CCC7(CCC(CC(=O)O)CC7)CC6)CC5(F)F)nc4c3F)c2c1C#N. The third-order valence-corrected chi connectivity index (χ3v) is 16.2. The predicted octanol–water partition coefficient (Wildman–Crippen LogP) is 11.4.